The van der Waals surface area contributed by atoms with Crippen molar-refractivity contribution in [3.63, 3.8) is 0 Å². The number of hydrogen-bond donors (Lipinski definition) is 1. The fourth-order valence-electron chi connectivity index (χ4n) is 4.95. The molecule has 9 nitrogen and oxygen atoms in total. The number of likely N-dealkylation sites (tertiary alicyclic amines) is 1. The summed E-state index contributed by atoms with van der Waals surface area (Å²) in [5.41, 5.74) is 2.61. The molecule has 190 valence electrons. The maximum Gasteiger partial charge on any atom is 0.264 e. The molecule has 4 heterocycles. The monoisotopic (exact) mass is 506 g/mol. The van der Waals surface area contributed by atoms with E-state index in [9.17, 15) is 14.7 Å². The average Bonchev–Trinajstić information content (AvgIpc) is 3.41. The van der Waals surface area contributed by atoms with Crippen LogP contribution in [0, 0.1) is 0 Å². The number of fused-ring (bicyclic) bond motifs is 1. The summed E-state index contributed by atoms with van der Waals surface area (Å²) in [6, 6.07) is 21.5. The van der Waals surface area contributed by atoms with Gasteiger partial charge in [0.25, 0.3) is 11.5 Å². The normalized spacial score (nSPS) is 15.0. The molecule has 1 saturated heterocycles. The first-order valence-electron chi connectivity index (χ1n) is 12.5. The van der Waals surface area contributed by atoms with Gasteiger partial charge in [0.05, 0.1) is 29.6 Å². The average molecular weight is 507 g/mol. The predicted octanol–water partition coefficient (Wildman–Crippen LogP) is 3.31. The smallest absolute Gasteiger partial charge is 0.264 e. The SMILES string of the molecule is O=C(c1cccnc1)N1CCC(O)(Cn2cnc3c(cnn3-c3ccc(-c4ccccc4)cc3)c2=O)CC1. The van der Waals surface area contributed by atoms with E-state index in [-0.39, 0.29) is 18.0 Å². The van der Waals surface area contributed by atoms with Gasteiger partial charge in [-0.3, -0.25) is 19.1 Å². The molecular weight excluding hydrogens is 480 g/mol. The molecule has 0 spiro atoms. The number of amides is 1. The van der Waals surface area contributed by atoms with Crippen LogP contribution in [0.25, 0.3) is 27.8 Å². The van der Waals surface area contributed by atoms with Crippen LogP contribution in [0.3, 0.4) is 0 Å². The van der Waals surface area contributed by atoms with Crippen LogP contribution >= 0.6 is 0 Å². The molecule has 2 aromatic carbocycles. The highest BCUT2D eigenvalue weighted by Gasteiger charge is 2.35. The van der Waals surface area contributed by atoms with Gasteiger partial charge in [0.15, 0.2) is 5.65 Å². The van der Waals surface area contributed by atoms with E-state index in [1.54, 1.807) is 34.1 Å². The quantitative estimate of drug-likeness (QED) is 0.392. The van der Waals surface area contributed by atoms with Crippen LogP contribution in [0.4, 0.5) is 0 Å². The maximum atomic E-state index is 13.3. The van der Waals surface area contributed by atoms with Gasteiger partial charge in [0, 0.05) is 25.5 Å². The van der Waals surface area contributed by atoms with Gasteiger partial charge >= 0.3 is 0 Å². The molecule has 1 N–H and O–H groups in total. The molecule has 1 aliphatic heterocycles. The largest absolute Gasteiger partial charge is 0.388 e. The third-order valence-corrected chi connectivity index (χ3v) is 7.13. The molecule has 5 aromatic rings. The fourth-order valence-corrected chi connectivity index (χ4v) is 4.95. The number of benzene rings is 2. The lowest BCUT2D eigenvalue weighted by Gasteiger charge is -2.38. The number of carbonyl (C=O) groups excluding carboxylic acids is 1. The Balaban J connectivity index is 1.19. The van der Waals surface area contributed by atoms with Gasteiger partial charge in [-0.15, -0.1) is 0 Å². The van der Waals surface area contributed by atoms with Crippen molar-refractivity contribution in [2.75, 3.05) is 13.1 Å². The highest BCUT2D eigenvalue weighted by molar-refractivity contribution is 5.93. The zero-order valence-electron chi connectivity index (χ0n) is 20.6. The Hall–Kier alpha value is -4.63. The summed E-state index contributed by atoms with van der Waals surface area (Å²) in [5, 5.41) is 16.0. The van der Waals surface area contributed by atoms with Gasteiger partial charge in [0.1, 0.15) is 11.7 Å². The summed E-state index contributed by atoms with van der Waals surface area (Å²) in [4.78, 5) is 36.2. The lowest BCUT2D eigenvalue weighted by molar-refractivity contribution is -0.0299. The lowest BCUT2D eigenvalue weighted by atomic mass is 9.91. The minimum Gasteiger partial charge on any atom is -0.388 e. The summed E-state index contributed by atoms with van der Waals surface area (Å²) in [7, 11) is 0. The lowest BCUT2D eigenvalue weighted by Crippen LogP contribution is -2.49. The Labute approximate surface area is 218 Å². The number of aliphatic hydroxyl groups is 1. The van der Waals surface area contributed by atoms with Crippen molar-refractivity contribution in [1.82, 2.24) is 29.2 Å². The molecule has 0 saturated carbocycles. The number of piperidine rings is 1. The molecule has 9 heteroatoms. The molecule has 0 aliphatic carbocycles. The van der Waals surface area contributed by atoms with Crippen LogP contribution in [-0.2, 0) is 6.54 Å². The Morgan fingerprint density at radius 3 is 2.37 bits per heavy atom. The van der Waals surface area contributed by atoms with Crippen molar-refractivity contribution in [1.29, 1.82) is 0 Å². The van der Waals surface area contributed by atoms with E-state index in [0.29, 0.717) is 42.5 Å². The summed E-state index contributed by atoms with van der Waals surface area (Å²) >= 11 is 0. The summed E-state index contributed by atoms with van der Waals surface area (Å²) in [6.45, 7) is 0.887. The molecular formula is C29H26N6O3. The minimum atomic E-state index is -1.12. The first kappa shape index (κ1) is 23.7. The first-order valence-corrected chi connectivity index (χ1v) is 12.5. The number of carbonyl (C=O) groups is 1. The zero-order valence-corrected chi connectivity index (χ0v) is 20.6. The predicted molar refractivity (Wildman–Crippen MR) is 143 cm³/mol. The van der Waals surface area contributed by atoms with E-state index in [4.69, 9.17) is 0 Å². The summed E-state index contributed by atoms with van der Waals surface area (Å²) in [6.07, 6.45) is 6.87. The van der Waals surface area contributed by atoms with E-state index in [1.165, 1.54) is 17.1 Å². The van der Waals surface area contributed by atoms with Gasteiger partial charge in [0.2, 0.25) is 0 Å². The first-order chi connectivity index (χ1) is 18.5. The highest BCUT2D eigenvalue weighted by Crippen LogP contribution is 2.26. The topological polar surface area (TPSA) is 106 Å². The molecule has 1 aliphatic rings. The molecule has 0 atom stereocenters. The van der Waals surface area contributed by atoms with Crippen molar-refractivity contribution in [2.45, 2.75) is 25.0 Å². The highest BCUT2D eigenvalue weighted by atomic mass is 16.3. The third-order valence-electron chi connectivity index (χ3n) is 7.13. The van der Waals surface area contributed by atoms with Crippen LogP contribution in [0.15, 0.2) is 96.4 Å². The number of hydrogen-bond acceptors (Lipinski definition) is 6. The third kappa shape index (κ3) is 4.48. The van der Waals surface area contributed by atoms with Gasteiger partial charge in [-0.25, -0.2) is 9.67 Å². The van der Waals surface area contributed by atoms with Crippen molar-refractivity contribution in [3.8, 4) is 16.8 Å². The van der Waals surface area contributed by atoms with Gasteiger partial charge in [-0.1, -0.05) is 42.5 Å². The van der Waals surface area contributed by atoms with Crippen molar-refractivity contribution in [2.24, 2.45) is 0 Å². The molecule has 3 aromatic heterocycles. The number of pyridine rings is 1. The zero-order chi connectivity index (χ0) is 26.1. The number of nitrogens with zero attached hydrogens (tertiary/aromatic N) is 6. The molecule has 38 heavy (non-hydrogen) atoms. The van der Waals surface area contributed by atoms with Gasteiger partial charge < -0.3 is 10.0 Å². The van der Waals surface area contributed by atoms with E-state index < -0.39 is 5.60 Å². The Kier molecular flexibility index (Phi) is 6.05. The molecule has 1 amide bonds. The molecule has 0 radical (unpaired) electrons. The van der Waals surface area contributed by atoms with E-state index in [1.807, 2.05) is 42.5 Å². The van der Waals surface area contributed by atoms with Crippen LogP contribution in [-0.4, -0.2) is 58.9 Å². The van der Waals surface area contributed by atoms with E-state index in [2.05, 4.69) is 27.2 Å². The Morgan fingerprint density at radius 1 is 0.921 bits per heavy atom. The van der Waals surface area contributed by atoms with Crippen LogP contribution in [0.2, 0.25) is 0 Å². The molecule has 0 unspecified atom stereocenters. The van der Waals surface area contributed by atoms with Crippen LogP contribution in [0.5, 0.6) is 0 Å². The van der Waals surface area contributed by atoms with E-state index >= 15 is 0 Å². The second-order valence-electron chi connectivity index (χ2n) is 9.64. The standard InChI is InChI=1S/C29H26N6O3/c36-27(23-7-4-14-30-17-23)33-15-12-29(38,13-16-33)19-34-20-31-26-25(28(34)37)18-32-35(26)24-10-8-22(9-11-24)21-5-2-1-3-6-21/h1-11,14,17-18,20,38H,12-13,15-16,19H2. The second kappa shape index (κ2) is 9.68. The van der Waals surface area contributed by atoms with Gasteiger partial charge in [-0.05, 0) is 48.2 Å². The van der Waals surface area contributed by atoms with E-state index in [0.717, 1.165) is 16.8 Å². The Morgan fingerprint density at radius 2 is 1.66 bits per heavy atom. The Bertz CT molecular complexity index is 1640. The maximum absolute atomic E-state index is 13.3. The summed E-state index contributed by atoms with van der Waals surface area (Å²) in [5.74, 6) is -0.107. The van der Waals surface area contributed by atoms with Crippen LogP contribution in [0.1, 0.15) is 23.2 Å². The van der Waals surface area contributed by atoms with Crippen molar-refractivity contribution < 1.29 is 9.90 Å². The summed E-state index contributed by atoms with van der Waals surface area (Å²) < 4.78 is 3.08. The molecule has 1 fully saturated rings. The van der Waals surface area contributed by atoms with Crippen LogP contribution < -0.4 is 5.56 Å². The fraction of sp³-hybridized carbons (Fsp3) is 0.207. The number of rotatable bonds is 5. The molecule has 6 rings (SSSR count). The van der Waals surface area contributed by atoms with Crippen molar-refractivity contribution in [3.05, 3.63) is 108 Å². The van der Waals surface area contributed by atoms with Crippen molar-refractivity contribution >= 4 is 16.9 Å². The second-order valence-corrected chi connectivity index (χ2v) is 9.64. The molecule has 0 bridgehead atoms. The minimum absolute atomic E-state index is 0.0979. The van der Waals surface area contributed by atoms with Gasteiger partial charge in [-0.2, -0.15) is 5.10 Å². The number of aromatic nitrogens is 5.